The van der Waals surface area contributed by atoms with Crippen molar-refractivity contribution in [2.75, 3.05) is 56.7 Å². The maximum Gasteiger partial charge on any atom is 0.313 e. The lowest BCUT2D eigenvalue weighted by molar-refractivity contribution is -0.136. The number of benzene rings is 2. The molecule has 2 aliphatic heterocycles. The van der Waals surface area contributed by atoms with Gasteiger partial charge in [-0.05, 0) is 48.7 Å². The van der Waals surface area contributed by atoms with E-state index in [9.17, 15) is 14.4 Å². The Hall–Kier alpha value is -3.43. The van der Waals surface area contributed by atoms with E-state index in [-0.39, 0.29) is 18.5 Å². The predicted octanol–water partition coefficient (Wildman–Crippen LogP) is 2.26. The van der Waals surface area contributed by atoms with Gasteiger partial charge >= 0.3 is 11.8 Å². The molecule has 2 aromatic carbocycles. The van der Waals surface area contributed by atoms with Crippen molar-refractivity contribution in [3.63, 3.8) is 0 Å². The van der Waals surface area contributed by atoms with E-state index in [2.05, 4.69) is 15.5 Å². The molecule has 0 aromatic heterocycles. The van der Waals surface area contributed by atoms with E-state index in [4.69, 9.17) is 9.47 Å². The minimum atomic E-state index is -0.747. The van der Waals surface area contributed by atoms with Crippen LogP contribution in [0.1, 0.15) is 30.0 Å². The molecule has 0 bridgehead atoms. The molecular weight excluding hydrogens is 448 g/mol. The molecule has 2 heterocycles. The van der Waals surface area contributed by atoms with E-state index in [0.29, 0.717) is 31.9 Å². The Morgan fingerprint density at radius 1 is 1.06 bits per heavy atom. The van der Waals surface area contributed by atoms with E-state index >= 15 is 0 Å². The zero-order chi connectivity index (χ0) is 24.8. The third kappa shape index (κ3) is 5.98. The van der Waals surface area contributed by atoms with Crippen LogP contribution in [0.3, 0.4) is 0 Å². The van der Waals surface area contributed by atoms with Crippen LogP contribution in [0.4, 0.5) is 11.4 Å². The molecule has 1 atom stereocenters. The maximum absolute atomic E-state index is 12.7. The van der Waals surface area contributed by atoms with Crippen LogP contribution in [0.25, 0.3) is 0 Å². The van der Waals surface area contributed by atoms with Gasteiger partial charge in [0.1, 0.15) is 5.75 Å². The Morgan fingerprint density at radius 3 is 2.46 bits per heavy atom. The van der Waals surface area contributed by atoms with Gasteiger partial charge in [-0.3, -0.25) is 19.3 Å². The molecule has 2 aromatic rings. The van der Waals surface area contributed by atoms with Crippen LogP contribution in [0.2, 0.25) is 0 Å². The van der Waals surface area contributed by atoms with Crippen LogP contribution in [0.5, 0.6) is 5.75 Å². The number of amides is 3. The monoisotopic (exact) mass is 480 g/mol. The molecule has 0 saturated carbocycles. The largest absolute Gasteiger partial charge is 0.497 e. The lowest BCUT2D eigenvalue weighted by Gasteiger charge is -2.35. The summed E-state index contributed by atoms with van der Waals surface area (Å²) in [6.45, 7) is 5.57. The van der Waals surface area contributed by atoms with Gasteiger partial charge in [0.2, 0.25) is 5.91 Å². The fourth-order valence-corrected chi connectivity index (χ4v) is 4.51. The number of rotatable bonds is 7. The summed E-state index contributed by atoms with van der Waals surface area (Å²) in [6.07, 6.45) is 1.34. The van der Waals surface area contributed by atoms with Gasteiger partial charge in [0.15, 0.2) is 0 Å². The van der Waals surface area contributed by atoms with E-state index < -0.39 is 11.8 Å². The first kappa shape index (κ1) is 24.7. The Labute approximate surface area is 205 Å². The number of methoxy groups -OCH3 is 1. The molecule has 0 spiro atoms. The highest BCUT2D eigenvalue weighted by atomic mass is 16.5. The average molecular weight is 481 g/mol. The van der Waals surface area contributed by atoms with E-state index in [1.54, 1.807) is 24.1 Å². The lowest BCUT2D eigenvalue weighted by Crippen LogP contribution is -2.45. The zero-order valence-corrected chi connectivity index (χ0v) is 20.2. The summed E-state index contributed by atoms with van der Waals surface area (Å²) in [7, 11) is 1.62. The van der Waals surface area contributed by atoms with Crippen LogP contribution in [0.15, 0.2) is 42.5 Å². The first-order valence-corrected chi connectivity index (χ1v) is 11.9. The highest BCUT2D eigenvalue weighted by Gasteiger charge is 2.26. The molecule has 0 radical (unpaired) electrons. The Kier molecular flexibility index (Phi) is 7.99. The summed E-state index contributed by atoms with van der Waals surface area (Å²) < 4.78 is 10.7. The molecular formula is C26H32N4O5. The molecule has 3 amide bonds. The third-order valence-corrected chi connectivity index (χ3v) is 6.48. The molecule has 1 unspecified atom stereocenters. The predicted molar refractivity (Wildman–Crippen MR) is 133 cm³/mol. The van der Waals surface area contributed by atoms with Gasteiger partial charge in [-0.1, -0.05) is 18.2 Å². The van der Waals surface area contributed by atoms with E-state index in [0.717, 1.165) is 42.1 Å². The summed E-state index contributed by atoms with van der Waals surface area (Å²) in [5.74, 6) is -0.632. The van der Waals surface area contributed by atoms with E-state index in [1.165, 1.54) is 0 Å². The van der Waals surface area contributed by atoms with Crippen molar-refractivity contribution in [2.45, 2.75) is 25.8 Å². The Balaban J connectivity index is 1.41. The van der Waals surface area contributed by atoms with Crippen LogP contribution in [-0.2, 0) is 19.1 Å². The topological polar surface area (TPSA) is 100 Å². The number of hydrogen-bond acceptors (Lipinski definition) is 6. The van der Waals surface area contributed by atoms with Crippen LogP contribution < -0.4 is 20.3 Å². The van der Waals surface area contributed by atoms with Crippen molar-refractivity contribution in [3.05, 3.63) is 53.6 Å². The number of carbonyl (C=O) groups is 3. The summed E-state index contributed by atoms with van der Waals surface area (Å²) in [5.41, 5.74) is 3.20. The molecule has 2 aliphatic rings. The normalized spacial score (nSPS) is 17.2. The number of carbonyl (C=O) groups excluding carboxylic acids is 3. The fraction of sp³-hybridized carbons (Fsp3) is 0.423. The van der Waals surface area contributed by atoms with Crippen LogP contribution >= 0.6 is 0 Å². The number of aryl methyl sites for hydroxylation is 1. The van der Waals surface area contributed by atoms with Gasteiger partial charge in [0.05, 0.1) is 26.4 Å². The van der Waals surface area contributed by atoms with Crippen molar-refractivity contribution >= 4 is 29.1 Å². The maximum atomic E-state index is 12.7. The number of nitrogens with one attached hydrogen (secondary N) is 2. The molecule has 2 fully saturated rings. The van der Waals surface area contributed by atoms with Gasteiger partial charge in [-0.2, -0.15) is 0 Å². The summed E-state index contributed by atoms with van der Waals surface area (Å²) in [5, 5.41) is 5.45. The summed E-state index contributed by atoms with van der Waals surface area (Å²) in [6, 6.07) is 12.9. The quantitative estimate of drug-likeness (QED) is 0.590. The number of nitrogens with zero attached hydrogens (tertiary/aromatic N) is 2. The highest BCUT2D eigenvalue weighted by Crippen LogP contribution is 2.28. The van der Waals surface area contributed by atoms with Gasteiger partial charge in [-0.15, -0.1) is 0 Å². The molecule has 0 aliphatic carbocycles. The number of ether oxygens (including phenoxy) is 2. The van der Waals surface area contributed by atoms with Gasteiger partial charge < -0.3 is 25.0 Å². The number of hydrogen-bond donors (Lipinski definition) is 2. The Morgan fingerprint density at radius 2 is 1.80 bits per heavy atom. The lowest BCUT2D eigenvalue weighted by atomic mass is 10.0. The first-order chi connectivity index (χ1) is 17.0. The Bertz CT molecular complexity index is 1070. The van der Waals surface area contributed by atoms with Gasteiger partial charge in [0, 0.05) is 44.0 Å². The molecule has 2 N–H and O–H groups in total. The molecule has 9 nitrogen and oxygen atoms in total. The fourth-order valence-electron chi connectivity index (χ4n) is 4.51. The zero-order valence-electron chi connectivity index (χ0n) is 20.2. The molecule has 35 heavy (non-hydrogen) atoms. The summed E-state index contributed by atoms with van der Waals surface area (Å²) in [4.78, 5) is 41.4. The highest BCUT2D eigenvalue weighted by molar-refractivity contribution is 6.39. The van der Waals surface area contributed by atoms with Crippen molar-refractivity contribution in [1.82, 2.24) is 10.2 Å². The average Bonchev–Trinajstić information content (AvgIpc) is 3.31. The van der Waals surface area contributed by atoms with Gasteiger partial charge in [-0.25, -0.2) is 0 Å². The minimum absolute atomic E-state index is 0.0713. The van der Waals surface area contributed by atoms with E-state index in [1.807, 2.05) is 37.3 Å². The van der Waals surface area contributed by atoms with Crippen LogP contribution in [0, 0.1) is 6.92 Å². The second-order valence-electron chi connectivity index (χ2n) is 8.75. The number of anilines is 2. The van der Waals surface area contributed by atoms with Crippen molar-refractivity contribution < 1.29 is 23.9 Å². The molecule has 186 valence electrons. The van der Waals surface area contributed by atoms with Crippen molar-refractivity contribution in [3.8, 4) is 5.75 Å². The van der Waals surface area contributed by atoms with Crippen molar-refractivity contribution in [1.29, 1.82) is 0 Å². The minimum Gasteiger partial charge on any atom is -0.497 e. The van der Waals surface area contributed by atoms with Crippen molar-refractivity contribution in [2.24, 2.45) is 0 Å². The second kappa shape index (κ2) is 11.3. The molecule has 2 saturated heterocycles. The molecule has 9 heteroatoms. The van der Waals surface area contributed by atoms with Gasteiger partial charge in [0.25, 0.3) is 0 Å². The smallest absolute Gasteiger partial charge is 0.313 e. The third-order valence-electron chi connectivity index (χ3n) is 6.48. The van der Waals surface area contributed by atoms with Crippen LogP contribution in [-0.4, -0.2) is 69.1 Å². The summed E-state index contributed by atoms with van der Waals surface area (Å²) >= 11 is 0. The molecule has 4 rings (SSSR count). The SMILES string of the molecule is COc1ccc(C(CNC(=O)C(=O)Nc2ccc(C)c(N3CCCC3=O)c2)N2CCOCC2)cc1. The first-order valence-electron chi connectivity index (χ1n) is 11.9. The standard InChI is InChI=1S/C26H32N4O5/c1-18-5-8-20(16-22(18)30-11-3-4-24(30)31)28-26(33)25(32)27-17-23(29-12-14-35-15-13-29)19-6-9-21(34-2)10-7-19/h5-10,16,23H,3-4,11-15,17H2,1-2H3,(H,27,32)(H,28,33). The number of morpholine rings is 1. The second-order valence-corrected chi connectivity index (χ2v) is 8.75.